The van der Waals surface area contributed by atoms with Crippen LogP contribution in [0.25, 0.3) is 5.76 Å². The van der Waals surface area contributed by atoms with Crippen molar-refractivity contribution in [3.63, 3.8) is 0 Å². The maximum absolute atomic E-state index is 13.3. The van der Waals surface area contributed by atoms with Crippen LogP contribution in [0.4, 0.5) is 5.69 Å². The Morgan fingerprint density at radius 2 is 1.60 bits per heavy atom. The van der Waals surface area contributed by atoms with Gasteiger partial charge < -0.3 is 14.6 Å². The molecule has 1 unspecified atom stereocenters. The smallest absolute Gasteiger partial charge is 0.300 e. The zero-order valence-electron chi connectivity index (χ0n) is 19.9. The summed E-state index contributed by atoms with van der Waals surface area (Å²) in [5.41, 5.74) is 2.58. The molecule has 0 bridgehead atoms. The Labute approximate surface area is 212 Å². The molecule has 1 aliphatic rings. The molecular weight excluding hydrogens is 510 g/mol. The van der Waals surface area contributed by atoms with Gasteiger partial charge in [-0.05, 0) is 80.4 Å². The number of halogens is 1. The van der Waals surface area contributed by atoms with Gasteiger partial charge in [0, 0.05) is 15.7 Å². The van der Waals surface area contributed by atoms with Gasteiger partial charge in [0.2, 0.25) is 0 Å². The molecule has 0 aromatic heterocycles. The van der Waals surface area contributed by atoms with Gasteiger partial charge in [0.1, 0.15) is 17.3 Å². The number of rotatable bonds is 6. The number of methoxy groups -OCH3 is 1. The minimum Gasteiger partial charge on any atom is -0.507 e. The predicted octanol–water partition coefficient (Wildman–Crippen LogP) is 6.18. The summed E-state index contributed by atoms with van der Waals surface area (Å²) in [4.78, 5) is 28.0. The number of benzene rings is 3. The molecule has 1 amide bonds. The summed E-state index contributed by atoms with van der Waals surface area (Å²) < 4.78 is 11.9. The second kappa shape index (κ2) is 9.96. The average Bonchev–Trinajstić information content (AvgIpc) is 3.11. The number of aryl methyl sites for hydroxylation is 1. The highest BCUT2D eigenvalue weighted by Crippen LogP contribution is 2.43. The number of carbonyl (C=O) groups excluding carboxylic acids is 2. The van der Waals surface area contributed by atoms with E-state index in [2.05, 4.69) is 15.9 Å². The van der Waals surface area contributed by atoms with Gasteiger partial charge in [0.15, 0.2) is 0 Å². The lowest BCUT2D eigenvalue weighted by molar-refractivity contribution is -0.132. The zero-order valence-corrected chi connectivity index (χ0v) is 21.5. The SMILES string of the molecule is COc1ccc(N2C(=O)C(=O)/C(=C(\O)c3ccc(Br)c(C)c3)C2c2ccc(OC(C)C)cc2)cc1. The van der Waals surface area contributed by atoms with E-state index in [1.54, 1.807) is 61.7 Å². The highest BCUT2D eigenvalue weighted by molar-refractivity contribution is 9.10. The topological polar surface area (TPSA) is 76.1 Å². The van der Waals surface area contributed by atoms with E-state index in [0.717, 1.165) is 10.0 Å². The molecule has 1 aliphatic heterocycles. The van der Waals surface area contributed by atoms with Crippen molar-refractivity contribution < 1.29 is 24.2 Å². The summed E-state index contributed by atoms with van der Waals surface area (Å²) in [5, 5.41) is 11.3. The van der Waals surface area contributed by atoms with E-state index in [4.69, 9.17) is 9.47 Å². The van der Waals surface area contributed by atoms with Crippen LogP contribution < -0.4 is 14.4 Å². The number of hydrogen-bond donors (Lipinski definition) is 1. The Bertz CT molecular complexity index is 1300. The highest BCUT2D eigenvalue weighted by atomic mass is 79.9. The van der Waals surface area contributed by atoms with Crippen LogP contribution in [-0.2, 0) is 9.59 Å². The average molecular weight is 536 g/mol. The predicted molar refractivity (Wildman–Crippen MR) is 139 cm³/mol. The molecule has 7 heteroatoms. The van der Waals surface area contributed by atoms with E-state index >= 15 is 0 Å². The summed E-state index contributed by atoms with van der Waals surface area (Å²) in [7, 11) is 1.56. The van der Waals surface area contributed by atoms with Crippen molar-refractivity contribution in [1.29, 1.82) is 0 Å². The molecule has 1 saturated heterocycles. The zero-order chi connectivity index (χ0) is 25.3. The van der Waals surface area contributed by atoms with Gasteiger partial charge in [-0.3, -0.25) is 14.5 Å². The minimum atomic E-state index is -0.819. The summed E-state index contributed by atoms with van der Waals surface area (Å²) in [6.07, 6.45) is 0.00595. The van der Waals surface area contributed by atoms with Crippen LogP contribution in [0.2, 0.25) is 0 Å². The van der Waals surface area contributed by atoms with Crippen LogP contribution in [-0.4, -0.2) is 30.0 Å². The molecule has 1 fully saturated rings. The van der Waals surface area contributed by atoms with Crippen LogP contribution >= 0.6 is 15.9 Å². The molecule has 4 rings (SSSR count). The molecule has 6 nitrogen and oxygen atoms in total. The first-order chi connectivity index (χ1) is 16.7. The Hall–Kier alpha value is -3.58. The van der Waals surface area contributed by atoms with E-state index in [1.807, 2.05) is 32.9 Å². The summed E-state index contributed by atoms with van der Waals surface area (Å²) in [6.45, 7) is 5.77. The van der Waals surface area contributed by atoms with Gasteiger partial charge in [-0.25, -0.2) is 0 Å². The summed E-state index contributed by atoms with van der Waals surface area (Å²) in [6, 6.07) is 18.6. The van der Waals surface area contributed by atoms with Crippen LogP contribution in [0.3, 0.4) is 0 Å². The Morgan fingerprint density at radius 3 is 2.17 bits per heavy atom. The fraction of sp³-hybridized carbons (Fsp3) is 0.214. The van der Waals surface area contributed by atoms with E-state index in [1.165, 1.54) is 4.90 Å². The number of hydrogen-bond acceptors (Lipinski definition) is 5. The monoisotopic (exact) mass is 535 g/mol. The molecule has 3 aromatic rings. The summed E-state index contributed by atoms with van der Waals surface area (Å²) >= 11 is 3.46. The third kappa shape index (κ3) is 4.82. The molecule has 0 spiro atoms. The molecule has 1 N–H and O–H groups in total. The number of anilines is 1. The first kappa shape index (κ1) is 24.5. The Balaban J connectivity index is 1.88. The molecule has 1 heterocycles. The van der Waals surface area contributed by atoms with Crippen LogP contribution in [0.5, 0.6) is 11.5 Å². The largest absolute Gasteiger partial charge is 0.507 e. The van der Waals surface area contributed by atoms with Gasteiger partial charge in [0.05, 0.1) is 24.8 Å². The maximum Gasteiger partial charge on any atom is 0.300 e. The molecule has 0 radical (unpaired) electrons. The van der Waals surface area contributed by atoms with Crippen molar-refractivity contribution in [2.24, 2.45) is 0 Å². The normalized spacial score (nSPS) is 17.2. The van der Waals surface area contributed by atoms with Crippen molar-refractivity contribution in [2.75, 3.05) is 12.0 Å². The molecule has 0 aliphatic carbocycles. The van der Waals surface area contributed by atoms with E-state index in [-0.39, 0.29) is 17.4 Å². The first-order valence-electron chi connectivity index (χ1n) is 11.2. The number of ketones is 1. The second-order valence-corrected chi connectivity index (χ2v) is 9.42. The van der Waals surface area contributed by atoms with Gasteiger partial charge in [-0.2, -0.15) is 0 Å². The number of carbonyl (C=O) groups is 2. The van der Waals surface area contributed by atoms with E-state index < -0.39 is 17.7 Å². The van der Waals surface area contributed by atoms with Crippen molar-refractivity contribution in [2.45, 2.75) is 32.9 Å². The number of Topliss-reactive ketones (excluding diaryl/α,β-unsaturated/α-hetero) is 1. The Morgan fingerprint density at radius 1 is 0.971 bits per heavy atom. The van der Waals surface area contributed by atoms with Crippen LogP contribution in [0.1, 0.15) is 36.6 Å². The number of ether oxygens (including phenoxy) is 2. The molecule has 0 saturated carbocycles. The third-order valence-corrected chi connectivity index (χ3v) is 6.68. The van der Waals surface area contributed by atoms with E-state index in [9.17, 15) is 14.7 Å². The summed E-state index contributed by atoms with van der Waals surface area (Å²) in [5.74, 6) is -0.372. The second-order valence-electron chi connectivity index (χ2n) is 8.57. The number of amides is 1. The highest BCUT2D eigenvalue weighted by Gasteiger charge is 2.47. The van der Waals surface area contributed by atoms with Gasteiger partial charge in [-0.15, -0.1) is 0 Å². The van der Waals surface area contributed by atoms with Crippen molar-refractivity contribution >= 4 is 39.1 Å². The molecular formula is C28H26BrNO5. The minimum absolute atomic E-state index is 0.00595. The molecule has 35 heavy (non-hydrogen) atoms. The number of aliphatic hydroxyl groups excluding tert-OH is 1. The maximum atomic E-state index is 13.3. The fourth-order valence-corrected chi connectivity index (χ4v) is 4.35. The van der Waals surface area contributed by atoms with Crippen molar-refractivity contribution in [3.05, 3.63) is 93.5 Å². The molecule has 180 valence electrons. The van der Waals surface area contributed by atoms with Crippen LogP contribution in [0.15, 0.2) is 76.8 Å². The third-order valence-electron chi connectivity index (χ3n) is 5.79. The van der Waals surface area contributed by atoms with Gasteiger partial charge >= 0.3 is 0 Å². The standard InChI is InChI=1S/C28H26BrNO5/c1-16(2)35-22-10-5-18(6-11-22)25-24(26(31)19-7-14-23(29)17(3)15-19)27(32)28(33)30(25)20-8-12-21(34-4)13-9-20/h5-16,25,31H,1-4H3/b26-24-. The van der Waals surface area contributed by atoms with Crippen LogP contribution in [0, 0.1) is 6.92 Å². The van der Waals surface area contributed by atoms with Gasteiger partial charge in [-0.1, -0.05) is 34.1 Å². The number of aliphatic hydroxyl groups is 1. The van der Waals surface area contributed by atoms with Crippen molar-refractivity contribution in [1.82, 2.24) is 0 Å². The lowest BCUT2D eigenvalue weighted by Gasteiger charge is -2.26. The lowest BCUT2D eigenvalue weighted by Crippen LogP contribution is -2.29. The quantitative estimate of drug-likeness (QED) is 0.231. The fourth-order valence-electron chi connectivity index (χ4n) is 4.11. The Kier molecular flexibility index (Phi) is 6.98. The van der Waals surface area contributed by atoms with Gasteiger partial charge in [0.25, 0.3) is 11.7 Å². The molecule has 1 atom stereocenters. The van der Waals surface area contributed by atoms with Crippen molar-refractivity contribution in [3.8, 4) is 11.5 Å². The lowest BCUT2D eigenvalue weighted by atomic mass is 9.94. The number of nitrogens with zero attached hydrogens (tertiary/aromatic N) is 1. The first-order valence-corrected chi connectivity index (χ1v) is 12.0. The molecule has 3 aromatic carbocycles. The van der Waals surface area contributed by atoms with E-state index in [0.29, 0.717) is 28.3 Å².